The van der Waals surface area contributed by atoms with E-state index in [0.29, 0.717) is 18.4 Å². The van der Waals surface area contributed by atoms with Gasteiger partial charge in [-0.05, 0) is 56.5 Å². The Kier molecular flexibility index (Phi) is 8.75. The van der Waals surface area contributed by atoms with Crippen molar-refractivity contribution < 1.29 is 9.84 Å². The van der Waals surface area contributed by atoms with E-state index >= 15 is 0 Å². The van der Waals surface area contributed by atoms with Gasteiger partial charge in [0.25, 0.3) is 0 Å². The molecule has 0 amide bonds. The number of hydrogen-bond donors (Lipinski definition) is 1. The molecule has 0 aliphatic rings. The van der Waals surface area contributed by atoms with Crippen LogP contribution in [0.3, 0.4) is 0 Å². The third-order valence-electron chi connectivity index (χ3n) is 4.44. The predicted molar refractivity (Wildman–Crippen MR) is 107 cm³/mol. The molecule has 26 heavy (non-hydrogen) atoms. The van der Waals surface area contributed by atoms with Crippen LogP contribution >= 0.6 is 0 Å². The molecule has 0 aromatic heterocycles. The predicted octanol–water partition coefficient (Wildman–Crippen LogP) is 4.78. The molecule has 0 saturated carbocycles. The summed E-state index contributed by atoms with van der Waals surface area (Å²) >= 11 is 0. The molecule has 0 fully saturated rings. The molecule has 0 saturated heterocycles. The van der Waals surface area contributed by atoms with Crippen molar-refractivity contribution in [2.75, 3.05) is 20.2 Å². The molecule has 0 radical (unpaired) electrons. The van der Waals surface area contributed by atoms with E-state index in [0.717, 1.165) is 32.4 Å². The van der Waals surface area contributed by atoms with Gasteiger partial charge in [-0.25, -0.2) is 0 Å². The number of hydrogen-bond acceptors (Lipinski definition) is 3. The first-order valence-corrected chi connectivity index (χ1v) is 9.21. The van der Waals surface area contributed by atoms with Crippen molar-refractivity contribution in [3.63, 3.8) is 0 Å². The third-order valence-corrected chi connectivity index (χ3v) is 4.44. The fourth-order valence-electron chi connectivity index (χ4n) is 2.96. The molecule has 0 heterocycles. The van der Waals surface area contributed by atoms with Gasteiger partial charge in [0.2, 0.25) is 0 Å². The van der Waals surface area contributed by atoms with Crippen molar-refractivity contribution in [3.8, 4) is 17.6 Å². The first-order chi connectivity index (χ1) is 12.7. The Balaban J connectivity index is 1.80. The van der Waals surface area contributed by atoms with E-state index in [1.807, 2.05) is 37.3 Å². The fourth-order valence-corrected chi connectivity index (χ4v) is 2.96. The zero-order valence-corrected chi connectivity index (χ0v) is 15.8. The van der Waals surface area contributed by atoms with E-state index in [1.54, 1.807) is 12.1 Å². The molecule has 0 aliphatic carbocycles. The van der Waals surface area contributed by atoms with Crippen LogP contribution in [0.15, 0.2) is 54.6 Å². The molecule has 0 spiro atoms. The summed E-state index contributed by atoms with van der Waals surface area (Å²) in [5.41, 5.74) is 2.43. The molecule has 1 unspecified atom stereocenters. The Morgan fingerprint density at radius 1 is 1.04 bits per heavy atom. The lowest BCUT2D eigenvalue weighted by molar-refractivity contribution is 0.114. The number of aromatic hydroxyl groups is 1. The molecular formula is C23H29NO2. The van der Waals surface area contributed by atoms with Crippen LogP contribution in [0.2, 0.25) is 0 Å². The number of benzene rings is 2. The SMILES string of the molecule is CC#CCN(C)C(CCCCOCc1ccccc1)c1ccc(O)cc1. The Bertz CT molecular complexity index is 686. The highest BCUT2D eigenvalue weighted by atomic mass is 16.5. The van der Waals surface area contributed by atoms with Crippen LogP contribution in [-0.2, 0) is 11.3 Å². The average molecular weight is 351 g/mol. The Hall–Kier alpha value is -2.28. The molecular weight excluding hydrogens is 322 g/mol. The van der Waals surface area contributed by atoms with E-state index in [4.69, 9.17) is 4.74 Å². The van der Waals surface area contributed by atoms with E-state index in [1.165, 1.54) is 11.1 Å². The summed E-state index contributed by atoms with van der Waals surface area (Å²) < 4.78 is 5.78. The largest absolute Gasteiger partial charge is 0.508 e. The minimum Gasteiger partial charge on any atom is -0.508 e. The van der Waals surface area contributed by atoms with Crippen LogP contribution in [0.4, 0.5) is 0 Å². The van der Waals surface area contributed by atoms with Crippen LogP contribution in [0.25, 0.3) is 0 Å². The molecule has 138 valence electrons. The summed E-state index contributed by atoms with van der Waals surface area (Å²) in [5, 5.41) is 9.53. The number of phenols is 1. The highest BCUT2D eigenvalue weighted by Crippen LogP contribution is 2.26. The van der Waals surface area contributed by atoms with Gasteiger partial charge >= 0.3 is 0 Å². The number of unbranched alkanes of at least 4 members (excludes halogenated alkanes) is 1. The average Bonchev–Trinajstić information content (AvgIpc) is 2.67. The first-order valence-electron chi connectivity index (χ1n) is 9.21. The van der Waals surface area contributed by atoms with Gasteiger partial charge in [0, 0.05) is 12.6 Å². The molecule has 2 rings (SSSR count). The van der Waals surface area contributed by atoms with Gasteiger partial charge in [-0.1, -0.05) is 48.4 Å². The maximum absolute atomic E-state index is 9.53. The van der Waals surface area contributed by atoms with Crippen LogP contribution in [0.1, 0.15) is 43.4 Å². The minimum atomic E-state index is 0.297. The zero-order valence-electron chi connectivity index (χ0n) is 15.8. The standard InChI is InChI=1S/C23H29NO2/c1-3-4-17-24(2)23(21-13-15-22(25)16-14-21)12-8-9-18-26-19-20-10-6-5-7-11-20/h5-7,10-11,13-16,23,25H,8-9,12,17-19H2,1-2H3. The molecule has 3 heteroatoms. The van der Waals surface area contributed by atoms with Crippen molar-refractivity contribution in [3.05, 3.63) is 65.7 Å². The van der Waals surface area contributed by atoms with Crippen LogP contribution in [0, 0.1) is 11.8 Å². The lowest BCUT2D eigenvalue weighted by Gasteiger charge is -2.27. The summed E-state index contributed by atoms with van der Waals surface area (Å²) in [6, 6.07) is 18.1. The topological polar surface area (TPSA) is 32.7 Å². The molecule has 2 aromatic rings. The highest BCUT2D eigenvalue weighted by molar-refractivity contribution is 5.28. The van der Waals surface area contributed by atoms with Gasteiger partial charge in [-0.2, -0.15) is 0 Å². The molecule has 1 N–H and O–H groups in total. The lowest BCUT2D eigenvalue weighted by Crippen LogP contribution is -2.25. The van der Waals surface area contributed by atoms with Gasteiger partial charge in [-0.3, -0.25) is 4.90 Å². The van der Waals surface area contributed by atoms with Crippen LogP contribution in [-0.4, -0.2) is 30.2 Å². The normalized spacial score (nSPS) is 11.8. The molecule has 1 atom stereocenters. The summed E-state index contributed by atoms with van der Waals surface area (Å²) in [4.78, 5) is 2.27. The van der Waals surface area contributed by atoms with Crippen molar-refractivity contribution in [1.29, 1.82) is 0 Å². The van der Waals surface area contributed by atoms with Crippen molar-refractivity contribution in [1.82, 2.24) is 4.90 Å². The van der Waals surface area contributed by atoms with Crippen LogP contribution in [0.5, 0.6) is 5.75 Å². The number of nitrogens with zero attached hydrogens (tertiary/aromatic N) is 1. The lowest BCUT2D eigenvalue weighted by atomic mass is 9.99. The smallest absolute Gasteiger partial charge is 0.115 e. The molecule has 3 nitrogen and oxygen atoms in total. The molecule has 0 aliphatic heterocycles. The highest BCUT2D eigenvalue weighted by Gasteiger charge is 2.16. The maximum Gasteiger partial charge on any atom is 0.115 e. The van der Waals surface area contributed by atoms with Crippen molar-refractivity contribution in [2.24, 2.45) is 0 Å². The molecule has 0 bridgehead atoms. The summed E-state index contributed by atoms with van der Waals surface area (Å²) in [7, 11) is 2.10. The third kappa shape index (κ3) is 6.92. The van der Waals surface area contributed by atoms with Crippen molar-refractivity contribution in [2.45, 2.75) is 38.8 Å². The second-order valence-electron chi connectivity index (χ2n) is 6.48. The number of rotatable bonds is 10. The number of ether oxygens (including phenoxy) is 1. The van der Waals surface area contributed by atoms with Gasteiger partial charge < -0.3 is 9.84 Å². The minimum absolute atomic E-state index is 0.297. The zero-order chi connectivity index (χ0) is 18.6. The Labute approximate surface area is 157 Å². The quantitative estimate of drug-likeness (QED) is 0.494. The van der Waals surface area contributed by atoms with Gasteiger partial charge in [0.15, 0.2) is 0 Å². The van der Waals surface area contributed by atoms with E-state index < -0.39 is 0 Å². The second-order valence-corrected chi connectivity index (χ2v) is 6.48. The van der Waals surface area contributed by atoms with Gasteiger partial charge in [0.05, 0.1) is 13.2 Å². The summed E-state index contributed by atoms with van der Waals surface area (Å²) in [5.74, 6) is 6.41. The summed E-state index contributed by atoms with van der Waals surface area (Å²) in [6.45, 7) is 4.06. The fraction of sp³-hybridized carbons (Fsp3) is 0.391. The van der Waals surface area contributed by atoms with Gasteiger partial charge in [0.1, 0.15) is 5.75 Å². The van der Waals surface area contributed by atoms with E-state index in [9.17, 15) is 5.11 Å². The van der Waals surface area contributed by atoms with E-state index in [2.05, 4.69) is 35.9 Å². The van der Waals surface area contributed by atoms with Gasteiger partial charge in [-0.15, -0.1) is 5.92 Å². The maximum atomic E-state index is 9.53. The Morgan fingerprint density at radius 2 is 1.77 bits per heavy atom. The molecule has 2 aromatic carbocycles. The first kappa shape index (κ1) is 20.0. The monoisotopic (exact) mass is 351 g/mol. The van der Waals surface area contributed by atoms with Crippen LogP contribution < -0.4 is 0 Å². The van der Waals surface area contributed by atoms with E-state index in [-0.39, 0.29) is 0 Å². The van der Waals surface area contributed by atoms with Crippen molar-refractivity contribution >= 4 is 0 Å². The Morgan fingerprint density at radius 3 is 2.46 bits per heavy atom. The number of phenolic OH excluding ortho intramolecular Hbond substituents is 1. The second kappa shape index (κ2) is 11.4. The summed E-state index contributed by atoms with van der Waals surface area (Å²) in [6.07, 6.45) is 3.17.